The fraction of sp³-hybridized carbons (Fsp3) is 0.579. The molecule has 31 heavy (non-hydrogen) atoms. The molecular formula is C19H25F2N3O6S. The average molecular weight is 461 g/mol. The van der Waals surface area contributed by atoms with Gasteiger partial charge in [0.05, 0.1) is 18.8 Å². The molecule has 4 rings (SSSR count). The van der Waals surface area contributed by atoms with Crippen molar-refractivity contribution in [1.82, 2.24) is 5.32 Å². The number of halogens is 2. The van der Waals surface area contributed by atoms with Gasteiger partial charge < -0.3 is 20.1 Å². The monoisotopic (exact) mass is 461 g/mol. The van der Waals surface area contributed by atoms with Crippen molar-refractivity contribution in [2.75, 3.05) is 47.5 Å². The molecule has 4 N–H and O–H groups in total. The number of benzene rings is 1. The van der Waals surface area contributed by atoms with Crippen molar-refractivity contribution in [3.63, 3.8) is 0 Å². The maximum Gasteiger partial charge on any atom is 0.414 e. The molecule has 3 aliphatic rings. The zero-order valence-corrected chi connectivity index (χ0v) is 17.5. The SMILES string of the molecule is O=C(O)NC[C@H]1CN(c2cc(F)c(N3CCC(C4CS(O)(O)C4)CC3)c(F)c2)C(=O)O1. The molecule has 3 aliphatic heterocycles. The van der Waals surface area contributed by atoms with Crippen molar-refractivity contribution in [2.45, 2.75) is 18.9 Å². The predicted molar refractivity (Wildman–Crippen MR) is 111 cm³/mol. The molecule has 0 radical (unpaired) electrons. The summed E-state index contributed by atoms with van der Waals surface area (Å²) in [6.45, 7) is 0.777. The molecule has 0 spiro atoms. The number of carbonyl (C=O) groups is 2. The molecule has 1 aromatic rings. The quantitative estimate of drug-likeness (QED) is 0.531. The fourth-order valence-electron chi connectivity index (χ4n) is 4.55. The molecule has 0 unspecified atom stereocenters. The molecule has 172 valence electrons. The molecule has 0 aromatic heterocycles. The van der Waals surface area contributed by atoms with Crippen molar-refractivity contribution in [1.29, 1.82) is 0 Å². The highest BCUT2D eigenvalue weighted by Crippen LogP contribution is 2.55. The molecule has 0 aliphatic carbocycles. The molecular weight excluding hydrogens is 436 g/mol. The van der Waals surface area contributed by atoms with Gasteiger partial charge in [0.1, 0.15) is 11.8 Å². The molecule has 3 fully saturated rings. The number of hydrogen-bond donors (Lipinski definition) is 4. The van der Waals surface area contributed by atoms with Crippen molar-refractivity contribution < 1.29 is 37.3 Å². The molecule has 9 nitrogen and oxygen atoms in total. The average Bonchev–Trinajstić information content (AvgIpc) is 3.05. The van der Waals surface area contributed by atoms with E-state index in [0.29, 0.717) is 30.5 Å². The highest BCUT2D eigenvalue weighted by atomic mass is 32.3. The van der Waals surface area contributed by atoms with E-state index >= 15 is 0 Å². The number of nitrogens with one attached hydrogen (secondary N) is 1. The van der Waals surface area contributed by atoms with Crippen LogP contribution in [-0.4, -0.2) is 70.2 Å². The lowest BCUT2D eigenvalue weighted by molar-refractivity contribution is 0.136. The third-order valence-corrected chi connectivity index (χ3v) is 8.08. The minimum absolute atomic E-state index is 0.0103. The molecule has 1 aromatic carbocycles. The lowest BCUT2D eigenvalue weighted by atomic mass is 9.85. The van der Waals surface area contributed by atoms with Crippen LogP contribution in [0.15, 0.2) is 12.1 Å². The van der Waals surface area contributed by atoms with Crippen LogP contribution in [0, 0.1) is 23.5 Å². The Hall–Kier alpha value is -2.31. The van der Waals surface area contributed by atoms with Gasteiger partial charge in [-0.15, -0.1) is 0 Å². The second kappa shape index (κ2) is 8.32. The maximum atomic E-state index is 14.8. The van der Waals surface area contributed by atoms with Gasteiger partial charge in [-0.2, -0.15) is 10.6 Å². The van der Waals surface area contributed by atoms with Crippen molar-refractivity contribution in [2.24, 2.45) is 11.8 Å². The van der Waals surface area contributed by atoms with Gasteiger partial charge in [-0.25, -0.2) is 18.4 Å². The lowest BCUT2D eigenvalue weighted by Crippen LogP contribution is -2.44. The Balaban J connectivity index is 1.40. The minimum atomic E-state index is -2.40. The summed E-state index contributed by atoms with van der Waals surface area (Å²) in [5.74, 6) is -0.155. The minimum Gasteiger partial charge on any atom is -0.465 e. The normalized spacial score (nSPS) is 25.2. The van der Waals surface area contributed by atoms with E-state index in [4.69, 9.17) is 9.84 Å². The zero-order chi connectivity index (χ0) is 22.3. The number of nitrogens with zero attached hydrogens (tertiary/aromatic N) is 2. The number of cyclic esters (lactones) is 1. The Labute approximate surface area is 179 Å². The number of ether oxygens (including phenoxy) is 1. The Morgan fingerprint density at radius 2 is 1.77 bits per heavy atom. The van der Waals surface area contributed by atoms with Gasteiger partial charge in [-0.3, -0.25) is 14.0 Å². The van der Waals surface area contributed by atoms with Crippen LogP contribution < -0.4 is 15.1 Å². The van der Waals surface area contributed by atoms with Crippen LogP contribution in [0.5, 0.6) is 0 Å². The van der Waals surface area contributed by atoms with Crippen molar-refractivity contribution in [3.8, 4) is 0 Å². The molecule has 3 saturated heterocycles. The summed E-state index contributed by atoms with van der Waals surface area (Å²) in [5.41, 5.74) is -0.132. The van der Waals surface area contributed by atoms with Crippen molar-refractivity contribution >= 4 is 34.2 Å². The number of carbonyl (C=O) groups excluding carboxylic acids is 1. The highest BCUT2D eigenvalue weighted by Gasteiger charge is 2.40. The van der Waals surface area contributed by atoms with E-state index in [0.717, 1.165) is 29.9 Å². The van der Waals surface area contributed by atoms with Crippen LogP contribution >= 0.6 is 10.6 Å². The van der Waals surface area contributed by atoms with Crippen molar-refractivity contribution in [3.05, 3.63) is 23.8 Å². The molecule has 12 heteroatoms. The summed E-state index contributed by atoms with van der Waals surface area (Å²) in [6.07, 6.45) is -1.37. The predicted octanol–water partition coefficient (Wildman–Crippen LogP) is 3.15. The maximum absolute atomic E-state index is 14.8. The smallest absolute Gasteiger partial charge is 0.414 e. The van der Waals surface area contributed by atoms with Crippen LogP contribution in [0.1, 0.15) is 12.8 Å². The standard InChI is InChI=1S/C19H25F2N3O6S/c20-15-5-13(24-8-14(30-19(24)27)7-22-18(25)26)6-16(21)17(15)23-3-1-11(2-4-23)12-9-31(28,29)10-12/h5-6,11-12,14,22,28-29H,1-4,7-10H2,(H,25,26)/t14-/m0/s1. The Morgan fingerprint density at radius 3 is 2.32 bits per heavy atom. The van der Waals surface area contributed by atoms with Crippen LogP contribution in [0.3, 0.4) is 0 Å². The van der Waals surface area contributed by atoms with E-state index in [1.54, 1.807) is 4.90 Å². The van der Waals surface area contributed by atoms with Crippen LogP contribution in [0.4, 0.5) is 29.7 Å². The van der Waals surface area contributed by atoms with Gasteiger partial charge in [0.2, 0.25) is 0 Å². The summed E-state index contributed by atoms with van der Waals surface area (Å²) in [5, 5.41) is 10.8. The molecule has 2 amide bonds. The largest absolute Gasteiger partial charge is 0.465 e. The van der Waals surface area contributed by atoms with Gasteiger partial charge in [-0.1, -0.05) is 0 Å². The third-order valence-electron chi connectivity index (χ3n) is 6.15. The lowest BCUT2D eigenvalue weighted by Gasteiger charge is -2.51. The molecule has 0 saturated carbocycles. The summed E-state index contributed by atoms with van der Waals surface area (Å²) in [6, 6.07) is 2.17. The van der Waals surface area contributed by atoms with Gasteiger partial charge in [0.25, 0.3) is 0 Å². The van der Waals surface area contributed by atoms with Crippen LogP contribution in [-0.2, 0) is 4.74 Å². The van der Waals surface area contributed by atoms with Gasteiger partial charge >= 0.3 is 12.2 Å². The summed E-state index contributed by atoms with van der Waals surface area (Å²) >= 11 is 0. The van der Waals surface area contributed by atoms with Crippen LogP contribution in [0.2, 0.25) is 0 Å². The zero-order valence-electron chi connectivity index (χ0n) is 16.7. The van der Waals surface area contributed by atoms with E-state index in [1.165, 1.54) is 0 Å². The topological polar surface area (TPSA) is 123 Å². The second-order valence-electron chi connectivity index (χ2n) is 8.28. The van der Waals surface area contributed by atoms with E-state index in [1.807, 2.05) is 0 Å². The summed E-state index contributed by atoms with van der Waals surface area (Å²) in [7, 11) is -2.40. The number of hydrogen-bond acceptors (Lipinski definition) is 6. The van der Waals surface area contributed by atoms with E-state index in [9.17, 15) is 27.5 Å². The van der Waals surface area contributed by atoms with Gasteiger partial charge in [0, 0.05) is 36.7 Å². The molecule has 3 heterocycles. The number of amides is 2. The number of carboxylic acid groups (broad SMARTS) is 1. The van der Waals surface area contributed by atoms with Gasteiger partial charge in [0.15, 0.2) is 11.6 Å². The summed E-state index contributed by atoms with van der Waals surface area (Å²) in [4.78, 5) is 25.4. The van der Waals surface area contributed by atoms with Gasteiger partial charge in [-0.05, 0) is 24.7 Å². The van der Waals surface area contributed by atoms with E-state index in [-0.39, 0.29) is 30.4 Å². The number of anilines is 2. The first-order valence-corrected chi connectivity index (χ1v) is 11.9. The Bertz CT molecular complexity index is 849. The first-order valence-electron chi connectivity index (χ1n) is 10.1. The molecule has 1 atom stereocenters. The van der Waals surface area contributed by atoms with E-state index < -0.39 is 40.5 Å². The first kappa shape index (κ1) is 21.9. The van der Waals surface area contributed by atoms with Crippen LogP contribution in [0.25, 0.3) is 0 Å². The third kappa shape index (κ3) is 4.65. The molecule has 0 bridgehead atoms. The first-order chi connectivity index (χ1) is 14.6. The second-order valence-corrected chi connectivity index (χ2v) is 10.6. The Morgan fingerprint density at radius 1 is 1.16 bits per heavy atom. The number of piperidine rings is 1. The van der Waals surface area contributed by atoms with E-state index in [2.05, 4.69) is 5.32 Å². The number of rotatable bonds is 5. The fourth-order valence-corrected chi connectivity index (χ4v) is 6.37. The highest BCUT2D eigenvalue weighted by molar-refractivity contribution is 8.25. The summed E-state index contributed by atoms with van der Waals surface area (Å²) < 4.78 is 53.9. The Kier molecular flexibility index (Phi) is 5.88.